The summed E-state index contributed by atoms with van der Waals surface area (Å²) in [6, 6.07) is -0.687. The zero-order valence-electron chi connectivity index (χ0n) is 11.1. The first-order chi connectivity index (χ1) is 8.96. The van der Waals surface area contributed by atoms with Crippen molar-refractivity contribution in [2.75, 3.05) is 6.54 Å². The number of amides is 3. The van der Waals surface area contributed by atoms with Crippen LogP contribution in [0.1, 0.15) is 44.9 Å². The average Bonchev–Trinajstić information content (AvgIpc) is 2.38. The van der Waals surface area contributed by atoms with E-state index in [1.165, 1.54) is 11.3 Å². The van der Waals surface area contributed by atoms with Crippen molar-refractivity contribution in [2.24, 2.45) is 16.9 Å². The van der Waals surface area contributed by atoms with Gasteiger partial charge in [-0.1, -0.05) is 19.3 Å². The Balaban J connectivity index is 1.99. The second kappa shape index (κ2) is 5.19. The van der Waals surface area contributed by atoms with Crippen LogP contribution in [0.5, 0.6) is 0 Å². The molecule has 106 valence electrons. The molecule has 1 aliphatic heterocycles. The summed E-state index contributed by atoms with van der Waals surface area (Å²) in [5, 5.41) is 0. The summed E-state index contributed by atoms with van der Waals surface area (Å²) in [6.45, 7) is 0.595. The largest absolute Gasteiger partial charge is 0.370 e. The molecule has 2 fully saturated rings. The van der Waals surface area contributed by atoms with Gasteiger partial charge < -0.3 is 16.4 Å². The Bertz CT molecular complexity index is 402. The third kappa shape index (κ3) is 2.57. The predicted molar refractivity (Wildman–Crippen MR) is 68.6 cm³/mol. The normalized spacial score (nSPS) is 22.9. The van der Waals surface area contributed by atoms with Gasteiger partial charge in [0.2, 0.25) is 17.7 Å². The minimum Gasteiger partial charge on any atom is -0.370 e. The first kappa shape index (κ1) is 13.8. The third-order valence-corrected chi connectivity index (χ3v) is 4.37. The van der Waals surface area contributed by atoms with Crippen LogP contribution in [0, 0.1) is 5.41 Å². The molecule has 1 atom stereocenters. The Morgan fingerprint density at radius 2 is 1.84 bits per heavy atom. The standard InChI is InChI=1S/C13H21N3O3/c14-10(17)5-4-9(11(15)18)16-8-13(12(16)19)6-2-1-3-7-13/h9H,1-8H2,(H2,14,17)(H2,15,18)/t9-/m1/s1. The Kier molecular flexibility index (Phi) is 3.78. The fraction of sp³-hybridized carbons (Fsp3) is 0.769. The summed E-state index contributed by atoms with van der Waals surface area (Å²) in [6.07, 6.45) is 5.43. The summed E-state index contributed by atoms with van der Waals surface area (Å²) in [5.74, 6) is -1.01. The van der Waals surface area contributed by atoms with Gasteiger partial charge in [0, 0.05) is 13.0 Å². The quantitative estimate of drug-likeness (QED) is 0.679. The molecule has 1 saturated carbocycles. The van der Waals surface area contributed by atoms with E-state index in [2.05, 4.69) is 0 Å². The van der Waals surface area contributed by atoms with E-state index in [1.54, 1.807) is 0 Å². The number of β-lactam (4-membered cyclic amide) rings is 1. The maximum atomic E-state index is 12.3. The zero-order valence-corrected chi connectivity index (χ0v) is 11.1. The maximum absolute atomic E-state index is 12.3. The molecule has 0 unspecified atom stereocenters. The Labute approximate surface area is 112 Å². The van der Waals surface area contributed by atoms with Gasteiger partial charge in [-0.15, -0.1) is 0 Å². The summed E-state index contributed by atoms with van der Waals surface area (Å²) < 4.78 is 0. The van der Waals surface area contributed by atoms with Gasteiger partial charge in [0.05, 0.1) is 5.41 Å². The summed E-state index contributed by atoms with van der Waals surface area (Å²) >= 11 is 0. The Morgan fingerprint density at radius 1 is 1.21 bits per heavy atom. The van der Waals surface area contributed by atoms with Crippen LogP contribution in [0.3, 0.4) is 0 Å². The molecule has 0 aromatic heterocycles. The van der Waals surface area contributed by atoms with Crippen LogP contribution in [0.4, 0.5) is 0 Å². The van der Waals surface area contributed by atoms with Crippen molar-refractivity contribution < 1.29 is 14.4 Å². The zero-order chi connectivity index (χ0) is 14.0. The lowest BCUT2D eigenvalue weighted by Crippen LogP contribution is -2.67. The molecule has 0 radical (unpaired) electrons. The van der Waals surface area contributed by atoms with Crippen molar-refractivity contribution in [3.8, 4) is 0 Å². The maximum Gasteiger partial charge on any atom is 0.240 e. The third-order valence-electron chi connectivity index (χ3n) is 4.37. The van der Waals surface area contributed by atoms with E-state index in [-0.39, 0.29) is 24.2 Å². The van der Waals surface area contributed by atoms with Crippen molar-refractivity contribution in [3.63, 3.8) is 0 Å². The van der Waals surface area contributed by atoms with Gasteiger partial charge in [0.1, 0.15) is 6.04 Å². The van der Waals surface area contributed by atoms with E-state index in [4.69, 9.17) is 11.5 Å². The molecule has 3 amide bonds. The molecule has 1 heterocycles. The molecule has 2 rings (SSSR count). The van der Waals surface area contributed by atoms with Gasteiger partial charge in [-0.05, 0) is 19.3 Å². The Hall–Kier alpha value is -1.59. The van der Waals surface area contributed by atoms with Crippen LogP contribution in [0.2, 0.25) is 0 Å². The highest BCUT2D eigenvalue weighted by molar-refractivity contribution is 5.94. The van der Waals surface area contributed by atoms with Crippen LogP contribution in [-0.4, -0.2) is 35.2 Å². The predicted octanol–water partition coefficient (Wildman–Crippen LogP) is -0.102. The molecule has 6 nitrogen and oxygen atoms in total. The molecular formula is C13H21N3O3. The number of likely N-dealkylation sites (tertiary alicyclic amines) is 1. The highest BCUT2D eigenvalue weighted by Crippen LogP contribution is 2.46. The molecule has 2 aliphatic rings. The fourth-order valence-corrected chi connectivity index (χ4v) is 3.26. The van der Waals surface area contributed by atoms with Crippen molar-refractivity contribution >= 4 is 17.7 Å². The first-order valence-electron chi connectivity index (χ1n) is 6.85. The first-order valence-corrected chi connectivity index (χ1v) is 6.85. The van der Waals surface area contributed by atoms with Gasteiger partial charge in [-0.25, -0.2) is 0 Å². The van der Waals surface area contributed by atoms with Gasteiger partial charge in [-0.3, -0.25) is 14.4 Å². The van der Waals surface area contributed by atoms with Crippen LogP contribution in [-0.2, 0) is 14.4 Å². The monoisotopic (exact) mass is 267 g/mol. The number of hydrogen-bond donors (Lipinski definition) is 2. The molecule has 6 heteroatoms. The second-order valence-electron chi connectivity index (χ2n) is 5.70. The lowest BCUT2D eigenvalue weighted by Gasteiger charge is -2.53. The highest BCUT2D eigenvalue weighted by Gasteiger charge is 2.54. The van der Waals surface area contributed by atoms with Gasteiger partial charge >= 0.3 is 0 Å². The van der Waals surface area contributed by atoms with Crippen molar-refractivity contribution in [3.05, 3.63) is 0 Å². The lowest BCUT2D eigenvalue weighted by molar-refractivity contribution is -0.171. The van der Waals surface area contributed by atoms with Crippen molar-refractivity contribution in [1.29, 1.82) is 0 Å². The molecule has 1 saturated heterocycles. The van der Waals surface area contributed by atoms with Crippen LogP contribution in [0.15, 0.2) is 0 Å². The molecule has 1 spiro atoms. The molecular weight excluding hydrogens is 246 g/mol. The van der Waals surface area contributed by atoms with Crippen LogP contribution in [0.25, 0.3) is 0 Å². The van der Waals surface area contributed by atoms with Crippen molar-refractivity contribution in [2.45, 2.75) is 51.0 Å². The number of hydrogen-bond acceptors (Lipinski definition) is 3. The molecule has 19 heavy (non-hydrogen) atoms. The van der Waals surface area contributed by atoms with E-state index < -0.39 is 17.9 Å². The molecule has 4 N–H and O–H groups in total. The van der Waals surface area contributed by atoms with Crippen LogP contribution >= 0.6 is 0 Å². The summed E-state index contributed by atoms with van der Waals surface area (Å²) in [4.78, 5) is 36.1. The number of rotatable bonds is 5. The molecule has 0 aromatic rings. The van der Waals surface area contributed by atoms with E-state index >= 15 is 0 Å². The summed E-state index contributed by atoms with van der Waals surface area (Å²) in [5.41, 5.74) is 10.2. The molecule has 0 bridgehead atoms. The highest BCUT2D eigenvalue weighted by atomic mass is 16.2. The fourth-order valence-electron chi connectivity index (χ4n) is 3.26. The second-order valence-corrected chi connectivity index (χ2v) is 5.70. The Morgan fingerprint density at radius 3 is 2.32 bits per heavy atom. The van der Waals surface area contributed by atoms with Gasteiger partial charge in [0.15, 0.2) is 0 Å². The number of carbonyl (C=O) groups is 3. The number of carbonyl (C=O) groups excluding carboxylic acids is 3. The minimum absolute atomic E-state index is 0.0282. The van der Waals surface area contributed by atoms with Gasteiger partial charge in [-0.2, -0.15) is 0 Å². The van der Waals surface area contributed by atoms with E-state index in [1.807, 2.05) is 0 Å². The minimum atomic E-state index is -0.687. The van der Waals surface area contributed by atoms with E-state index in [9.17, 15) is 14.4 Å². The SMILES string of the molecule is NC(=O)CC[C@H](C(N)=O)N1CC2(CCCCC2)C1=O. The topological polar surface area (TPSA) is 106 Å². The van der Waals surface area contributed by atoms with E-state index in [0.29, 0.717) is 6.54 Å². The van der Waals surface area contributed by atoms with E-state index in [0.717, 1.165) is 25.7 Å². The number of primary amides is 2. The number of nitrogens with zero attached hydrogens (tertiary/aromatic N) is 1. The van der Waals surface area contributed by atoms with Crippen molar-refractivity contribution in [1.82, 2.24) is 4.90 Å². The van der Waals surface area contributed by atoms with Crippen LogP contribution < -0.4 is 11.5 Å². The lowest BCUT2D eigenvalue weighted by atomic mass is 9.67. The number of nitrogens with two attached hydrogens (primary N) is 2. The molecule has 1 aliphatic carbocycles. The summed E-state index contributed by atoms with van der Waals surface area (Å²) in [7, 11) is 0. The molecule has 0 aromatic carbocycles. The average molecular weight is 267 g/mol. The van der Waals surface area contributed by atoms with Gasteiger partial charge in [0.25, 0.3) is 0 Å². The smallest absolute Gasteiger partial charge is 0.240 e.